The number of carbonyl (C=O) groups is 1. The molecule has 3 rings (SSSR count). The van der Waals surface area contributed by atoms with Crippen molar-refractivity contribution in [3.63, 3.8) is 0 Å². The molecule has 158 valence electrons. The maximum absolute atomic E-state index is 13.0. The summed E-state index contributed by atoms with van der Waals surface area (Å²) in [4.78, 5) is 41.8. The molecule has 7 nitrogen and oxygen atoms in total. The van der Waals surface area contributed by atoms with Gasteiger partial charge in [0.15, 0.2) is 5.69 Å². The normalized spacial score (nSPS) is 11.3. The smallest absolute Gasteiger partial charge is 0.330 e. The van der Waals surface area contributed by atoms with Crippen LogP contribution in [-0.2, 0) is 17.9 Å². The van der Waals surface area contributed by atoms with Crippen LogP contribution in [0.15, 0.2) is 94.6 Å². The Morgan fingerprint density at radius 3 is 2.23 bits per heavy atom. The molecule has 0 atom stereocenters. The van der Waals surface area contributed by atoms with Crippen molar-refractivity contribution >= 4 is 17.4 Å². The van der Waals surface area contributed by atoms with E-state index in [-0.39, 0.29) is 24.6 Å². The van der Waals surface area contributed by atoms with E-state index in [1.165, 1.54) is 15.5 Å². The highest BCUT2D eigenvalue weighted by Gasteiger charge is 2.23. The Labute approximate surface area is 179 Å². The molecule has 1 heterocycles. The summed E-state index contributed by atoms with van der Waals surface area (Å²) in [7, 11) is 0. The molecule has 1 amide bonds. The highest BCUT2D eigenvalue weighted by molar-refractivity contribution is 6.02. The summed E-state index contributed by atoms with van der Waals surface area (Å²) < 4.78 is 1.26. The van der Waals surface area contributed by atoms with Gasteiger partial charge in [-0.05, 0) is 18.1 Å². The average molecular weight is 416 g/mol. The van der Waals surface area contributed by atoms with Crippen LogP contribution in [0.2, 0.25) is 0 Å². The third-order valence-corrected chi connectivity index (χ3v) is 4.66. The number of aromatic nitrogens is 2. The SMILES string of the molecule is C/C=C/C=C\C(=O)N(Cc1ccccc1)c1c(N)n(Cc2ccccc2)c(=O)[nH]c1=O. The Morgan fingerprint density at radius 1 is 1.00 bits per heavy atom. The van der Waals surface area contributed by atoms with E-state index in [0.717, 1.165) is 11.1 Å². The van der Waals surface area contributed by atoms with Gasteiger partial charge in [0, 0.05) is 6.08 Å². The predicted molar refractivity (Wildman–Crippen MR) is 123 cm³/mol. The lowest BCUT2D eigenvalue weighted by atomic mass is 10.2. The zero-order chi connectivity index (χ0) is 22.2. The predicted octanol–water partition coefficient (Wildman–Crippen LogP) is 2.83. The maximum atomic E-state index is 13.0. The number of benzene rings is 2. The summed E-state index contributed by atoms with van der Waals surface area (Å²) in [6.07, 6.45) is 6.44. The molecule has 0 aliphatic carbocycles. The van der Waals surface area contributed by atoms with Gasteiger partial charge in [-0.1, -0.05) is 78.9 Å². The number of H-pyrrole nitrogens is 1. The van der Waals surface area contributed by atoms with E-state index in [9.17, 15) is 14.4 Å². The minimum Gasteiger partial charge on any atom is -0.383 e. The summed E-state index contributed by atoms with van der Waals surface area (Å²) in [6.45, 7) is 2.12. The number of carbonyl (C=O) groups excluding carboxylic acids is 1. The Balaban J connectivity index is 2.10. The number of hydrogen-bond acceptors (Lipinski definition) is 4. The van der Waals surface area contributed by atoms with E-state index < -0.39 is 17.2 Å². The first-order chi connectivity index (χ1) is 15.0. The van der Waals surface area contributed by atoms with Crippen LogP contribution >= 0.6 is 0 Å². The molecule has 3 aromatic rings. The van der Waals surface area contributed by atoms with Crippen LogP contribution in [0.1, 0.15) is 18.1 Å². The van der Waals surface area contributed by atoms with Crippen molar-refractivity contribution in [1.82, 2.24) is 9.55 Å². The average Bonchev–Trinajstić information content (AvgIpc) is 2.77. The number of amides is 1. The van der Waals surface area contributed by atoms with Crippen molar-refractivity contribution in [2.75, 3.05) is 10.6 Å². The molecule has 0 spiro atoms. The van der Waals surface area contributed by atoms with Gasteiger partial charge < -0.3 is 5.73 Å². The molecule has 0 aliphatic rings. The second-order valence-corrected chi connectivity index (χ2v) is 6.86. The highest BCUT2D eigenvalue weighted by atomic mass is 16.2. The number of anilines is 2. The number of nitrogens with one attached hydrogen (secondary N) is 1. The molecule has 1 aromatic heterocycles. The molecule has 0 bridgehead atoms. The van der Waals surface area contributed by atoms with Crippen LogP contribution in [0, 0.1) is 0 Å². The highest BCUT2D eigenvalue weighted by Crippen LogP contribution is 2.21. The molecule has 3 N–H and O–H groups in total. The summed E-state index contributed by atoms with van der Waals surface area (Å²) in [5.41, 5.74) is 6.54. The molecule has 31 heavy (non-hydrogen) atoms. The van der Waals surface area contributed by atoms with Gasteiger partial charge in [-0.3, -0.25) is 24.0 Å². The van der Waals surface area contributed by atoms with Crippen molar-refractivity contribution in [2.45, 2.75) is 20.0 Å². The van der Waals surface area contributed by atoms with Gasteiger partial charge in [-0.2, -0.15) is 0 Å². The van der Waals surface area contributed by atoms with Crippen LogP contribution in [0.3, 0.4) is 0 Å². The quantitative estimate of drug-likeness (QED) is 0.457. The second kappa shape index (κ2) is 10.1. The van der Waals surface area contributed by atoms with Crippen LogP contribution in [0.4, 0.5) is 11.5 Å². The van der Waals surface area contributed by atoms with Crippen LogP contribution in [-0.4, -0.2) is 15.5 Å². The zero-order valence-electron chi connectivity index (χ0n) is 17.2. The number of nitrogens with zero attached hydrogens (tertiary/aromatic N) is 2. The third-order valence-electron chi connectivity index (χ3n) is 4.66. The van der Waals surface area contributed by atoms with E-state index in [1.54, 1.807) is 18.2 Å². The summed E-state index contributed by atoms with van der Waals surface area (Å²) in [5, 5.41) is 0. The Morgan fingerprint density at radius 2 is 1.61 bits per heavy atom. The fourth-order valence-electron chi connectivity index (χ4n) is 3.13. The van der Waals surface area contributed by atoms with Gasteiger partial charge in [0.1, 0.15) is 5.82 Å². The van der Waals surface area contributed by atoms with Gasteiger partial charge in [0.25, 0.3) is 11.5 Å². The first kappa shape index (κ1) is 21.6. The largest absolute Gasteiger partial charge is 0.383 e. The van der Waals surface area contributed by atoms with Crippen molar-refractivity contribution < 1.29 is 4.79 Å². The number of nitrogen functional groups attached to an aromatic ring is 1. The molecule has 0 unspecified atom stereocenters. The molecule has 7 heteroatoms. The molecule has 0 aliphatic heterocycles. The first-order valence-electron chi connectivity index (χ1n) is 9.82. The first-order valence-corrected chi connectivity index (χ1v) is 9.82. The molecular weight excluding hydrogens is 392 g/mol. The van der Waals surface area contributed by atoms with Gasteiger partial charge >= 0.3 is 5.69 Å². The number of hydrogen-bond donors (Lipinski definition) is 2. The van der Waals surface area contributed by atoms with E-state index in [0.29, 0.717) is 0 Å². The van der Waals surface area contributed by atoms with Crippen molar-refractivity contribution in [3.8, 4) is 0 Å². The lowest BCUT2D eigenvalue weighted by Crippen LogP contribution is -2.40. The third kappa shape index (κ3) is 5.27. The molecule has 0 radical (unpaired) electrons. The summed E-state index contributed by atoms with van der Waals surface area (Å²) in [5.74, 6) is -0.495. The number of rotatable bonds is 7. The van der Waals surface area contributed by atoms with Crippen molar-refractivity contribution in [2.24, 2.45) is 0 Å². The van der Waals surface area contributed by atoms with E-state index in [1.807, 2.05) is 67.6 Å². The number of allylic oxidation sites excluding steroid dienone is 3. The fourth-order valence-corrected chi connectivity index (χ4v) is 3.13. The lowest BCUT2D eigenvalue weighted by Gasteiger charge is -2.23. The monoisotopic (exact) mass is 416 g/mol. The van der Waals surface area contributed by atoms with Gasteiger partial charge in [0.05, 0.1) is 13.1 Å². The number of nitrogens with two attached hydrogens (primary N) is 1. The Kier molecular flexibility index (Phi) is 7.01. The molecule has 2 aromatic carbocycles. The van der Waals surface area contributed by atoms with Crippen LogP contribution in [0.25, 0.3) is 0 Å². The Bertz CT molecular complexity index is 1210. The zero-order valence-corrected chi connectivity index (χ0v) is 17.2. The lowest BCUT2D eigenvalue weighted by molar-refractivity contribution is -0.114. The Hall–Kier alpha value is -4.13. The van der Waals surface area contributed by atoms with Crippen molar-refractivity contribution in [1.29, 1.82) is 0 Å². The second-order valence-electron chi connectivity index (χ2n) is 6.86. The van der Waals surface area contributed by atoms with E-state index in [4.69, 9.17) is 5.73 Å². The molecular formula is C24H24N4O3. The summed E-state index contributed by atoms with van der Waals surface area (Å²) >= 11 is 0. The van der Waals surface area contributed by atoms with E-state index >= 15 is 0 Å². The maximum Gasteiger partial charge on any atom is 0.330 e. The fraction of sp³-hybridized carbons (Fsp3) is 0.125. The minimum absolute atomic E-state index is 0.0606. The molecule has 0 saturated heterocycles. The van der Waals surface area contributed by atoms with Crippen LogP contribution in [0.5, 0.6) is 0 Å². The van der Waals surface area contributed by atoms with E-state index in [2.05, 4.69) is 4.98 Å². The minimum atomic E-state index is -0.712. The number of aromatic amines is 1. The molecule has 0 fully saturated rings. The van der Waals surface area contributed by atoms with Gasteiger partial charge in [0.2, 0.25) is 0 Å². The summed E-state index contributed by atoms with van der Waals surface area (Å²) in [6, 6.07) is 18.5. The van der Waals surface area contributed by atoms with Gasteiger partial charge in [-0.25, -0.2) is 4.79 Å². The van der Waals surface area contributed by atoms with Crippen LogP contribution < -0.4 is 21.9 Å². The van der Waals surface area contributed by atoms with Crippen molar-refractivity contribution in [3.05, 3.63) is 117 Å². The standard InChI is InChI=1S/C24H24N4O3/c1-2-3-6-15-20(29)27(16-18-11-7-4-8-12-18)21-22(25)28(24(31)26-23(21)30)17-19-13-9-5-10-14-19/h2-15H,16-17,25H2,1H3,(H,26,30,31)/b3-2+,15-6-. The molecule has 0 saturated carbocycles. The topological polar surface area (TPSA) is 101 Å². The van der Waals surface area contributed by atoms with Gasteiger partial charge in [-0.15, -0.1) is 0 Å².